The number of sulfone groups is 1. The molecule has 1 aromatic carbocycles. The molecule has 2 heterocycles. The molecule has 0 bridgehead atoms. The lowest BCUT2D eigenvalue weighted by atomic mass is 10.0. The average molecular weight is 604 g/mol. The summed E-state index contributed by atoms with van der Waals surface area (Å²) in [6, 6.07) is 4.78. The fourth-order valence-corrected chi connectivity index (χ4v) is 7.03. The van der Waals surface area contributed by atoms with Gasteiger partial charge in [-0.3, -0.25) is 9.59 Å². The molecular weight excluding hydrogens is 580 g/mol. The molecule has 1 N–H and O–H groups in total. The number of likely N-dealkylation sites (tertiary alicyclic amines) is 1. The van der Waals surface area contributed by atoms with Gasteiger partial charge in [0.25, 0.3) is 0 Å². The van der Waals surface area contributed by atoms with Gasteiger partial charge in [-0.05, 0) is 68.9 Å². The summed E-state index contributed by atoms with van der Waals surface area (Å²) in [5, 5.41) is 13.8. The first kappa shape index (κ1) is 28.9. The highest BCUT2D eigenvalue weighted by Crippen LogP contribution is 2.59. The summed E-state index contributed by atoms with van der Waals surface area (Å²) in [6.45, 7) is 0.713. The van der Waals surface area contributed by atoms with Crippen LogP contribution in [0.2, 0.25) is 0 Å². The van der Waals surface area contributed by atoms with E-state index in [9.17, 15) is 49.6 Å². The van der Waals surface area contributed by atoms with Crippen LogP contribution in [0.25, 0.3) is 5.69 Å². The third kappa shape index (κ3) is 4.93. The number of halogens is 6. The minimum absolute atomic E-state index is 0.118. The SMILES string of the molecule is Cc1cc(-n2ccc(C(F)(F)F)n2)ccc1S(=O)(=O)[C@@H]1C[C@@H](C(=O)NC2(C#N)CC2)N(C(=O)C2(C(F)(F)F)CC2)C1. The number of aryl methyl sites for hydroxylation is 1. The quantitative estimate of drug-likeness (QED) is 0.505. The highest BCUT2D eigenvalue weighted by atomic mass is 32.2. The number of rotatable bonds is 6. The number of hydrogen-bond donors (Lipinski definition) is 1. The van der Waals surface area contributed by atoms with Crippen LogP contribution in [-0.2, 0) is 25.6 Å². The Morgan fingerprint density at radius 3 is 2.24 bits per heavy atom. The fraction of sp³-hybridized carbons (Fsp3) is 0.520. The zero-order valence-electron chi connectivity index (χ0n) is 21.4. The van der Waals surface area contributed by atoms with Crippen molar-refractivity contribution >= 4 is 21.7 Å². The monoisotopic (exact) mass is 603 g/mol. The van der Waals surface area contributed by atoms with Crippen LogP contribution in [0.5, 0.6) is 0 Å². The highest BCUT2D eigenvalue weighted by Gasteiger charge is 2.70. The topological polar surface area (TPSA) is 125 Å². The van der Waals surface area contributed by atoms with Gasteiger partial charge in [-0.2, -0.15) is 36.7 Å². The summed E-state index contributed by atoms with van der Waals surface area (Å²) in [7, 11) is -4.34. The molecule has 1 aromatic heterocycles. The van der Waals surface area contributed by atoms with Gasteiger partial charge in [0.15, 0.2) is 15.5 Å². The van der Waals surface area contributed by atoms with Crippen molar-refractivity contribution in [3.05, 3.63) is 41.7 Å². The number of carbonyl (C=O) groups is 2. The van der Waals surface area contributed by atoms with E-state index < -0.39 is 87.8 Å². The van der Waals surface area contributed by atoms with Crippen molar-refractivity contribution in [1.82, 2.24) is 20.0 Å². The minimum Gasteiger partial charge on any atom is -0.336 e. The molecule has 0 spiro atoms. The molecule has 41 heavy (non-hydrogen) atoms. The lowest BCUT2D eigenvalue weighted by molar-refractivity contribution is -0.199. The summed E-state index contributed by atoms with van der Waals surface area (Å²) in [5.74, 6) is -2.28. The normalized spacial score (nSPS) is 23.1. The number of alkyl halides is 6. The second kappa shape index (κ2) is 9.20. The van der Waals surface area contributed by atoms with Gasteiger partial charge >= 0.3 is 12.4 Å². The minimum atomic E-state index is -4.89. The van der Waals surface area contributed by atoms with E-state index in [0.717, 1.165) is 23.0 Å². The Labute approximate surface area is 230 Å². The predicted octanol–water partition coefficient (Wildman–Crippen LogP) is 3.46. The van der Waals surface area contributed by atoms with Gasteiger partial charge in [-0.15, -0.1) is 0 Å². The van der Waals surface area contributed by atoms with Crippen LogP contribution >= 0.6 is 0 Å². The van der Waals surface area contributed by atoms with E-state index in [1.807, 2.05) is 6.07 Å². The summed E-state index contributed by atoms with van der Waals surface area (Å²) >= 11 is 0. The zero-order chi connectivity index (χ0) is 30.2. The molecule has 9 nitrogen and oxygen atoms in total. The third-order valence-corrected chi connectivity index (χ3v) is 10.2. The molecule has 0 unspecified atom stereocenters. The van der Waals surface area contributed by atoms with E-state index in [0.29, 0.717) is 17.7 Å². The number of aromatic nitrogens is 2. The Bertz CT molecular complexity index is 1570. The standard InChI is InChI=1S/C25H23F6N5O4S/c1-14-10-15(36-9-4-19(34-36)24(26,27)28)2-3-18(14)41(39,40)16-11-17(20(37)33-22(13-32)5-6-22)35(12-16)21(38)23(7-8-23)25(29,30)31/h2-4,9-10,16-17H,5-8,11-12H2,1H3,(H,33,37)/t16-,17+/m1/s1. The van der Waals surface area contributed by atoms with Crippen molar-refractivity contribution in [2.45, 2.75) is 73.1 Å². The first-order valence-electron chi connectivity index (χ1n) is 12.5. The van der Waals surface area contributed by atoms with E-state index in [2.05, 4.69) is 10.4 Å². The van der Waals surface area contributed by atoms with Crippen LogP contribution in [0.15, 0.2) is 35.4 Å². The largest absolute Gasteiger partial charge is 0.435 e. The number of nitrogens with one attached hydrogen (secondary N) is 1. The van der Waals surface area contributed by atoms with Gasteiger partial charge in [-0.1, -0.05) is 0 Å². The van der Waals surface area contributed by atoms with Gasteiger partial charge in [0.05, 0.1) is 21.9 Å². The Balaban J connectivity index is 1.44. The zero-order valence-corrected chi connectivity index (χ0v) is 22.2. The van der Waals surface area contributed by atoms with E-state index >= 15 is 0 Å². The van der Waals surface area contributed by atoms with Crippen molar-refractivity contribution in [3.63, 3.8) is 0 Å². The first-order valence-corrected chi connectivity index (χ1v) is 14.1. The maximum absolute atomic E-state index is 13.8. The van der Waals surface area contributed by atoms with Crippen molar-refractivity contribution in [2.75, 3.05) is 6.54 Å². The number of carbonyl (C=O) groups excluding carboxylic acids is 2. The van der Waals surface area contributed by atoms with Gasteiger partial charge in [0.2, 0.25) is 11.8 Å². The molecule has 2 aliphatic carbocycles. The molecule has 3 aliphatic rings. The second-order valence-corrected chi connectivity index (χ2v) is 12.9. The van der Waals surface area contributed by atoms with Crippen LogP contribution in [0, 0.1) is 23.7 Å². The lowest BCUT2D eigenvalue weighted by Crippen LogP contribution is -2.53. The third-order valence-electron chi connectivity index (χ3n) is 7.90. The number of amides is 2. The van der Waals surface area contributed by atoms with Gasteiger partial charge in [-0.25, -0.2) is 13.1 Å². The Hall–Kier alpha value is -3.61. The van der Waals surface area contributed by atoms with Crippen molar-refractivity contribution in [2.24, 2.45) is 5.41 Å². The van der Waals surface area contributed by atoms with Crippen molar-refractivity contribution < 1.29 is 44.3 Å². The molecule has 2 amide bonds. The second-order valence-electron chi connectivity index (χ2n) is 10.7. The lowest BCUT2D eigenvalue weighted by Gasteiger charge is -2.29. The molecule has 220 valence electrons. The summed E-state index contributed by atoms with van der Waals surface area (Å²) in [6.07, 6.45) is -9.35. The van der Waals surface area contributed by atoms with Crippen LogP contribution in [0.1, 0.15) is 43.4 Å². The maximum Gasteiger partial charge on any atom is 0.435 e. The molecule has 2 atom stereocenters. The summed E-state index contributed by atoms with van der Waals surface area (Å²) in [5.41, 5.74) is -4.79. The van der Waals surface area contributed by atoms with Gasteiger partial charge < -0.3 is 10.2 Å². The molecule has 1 saturated heterocycles. The van der Waals surface area contributed by atoms with E-state index in [-0.39, 0.29) is 16.1 Å². The first-order chi connectivity index (χ1) is 18.9. The van der Waals surface area contributed by atoms with E-state index in [1.165, 1.54) is 19.1 Å². The fourth-order valence-electron chi connectivity index (χ4n) is 5.12. The van der Waals surface area contributed by atoms with Gasteiger partial charge in [0.1, 0.15) is 17.0 Å². The smallest absolute Gasteiger partial charge is 0.336 e. The molecule has 0 radical (unpaired) electrons. The molecular formula is C25H23F6N5O4S. The Morgan fingerprint density at radius 1 is 1.10 bits per heavy atom. The molecule has 2 aromatic rings. The van der Waals surface area contributed by atoms with Crippen molar-refractivity contribution in [1.29, 1.82) is 5.26 Å². The number of benzene rings is 1. The summed E-state index contributed by atoms with van der Waals surface area (Å²) in [4.78, 5) is 26.7. The Morgan fingerprint density at radius 2 is 1.76 bits per heavy atom. The van der Waals surface area contributed by atoms with Crippen LogP contribution in [0.4, 0.5) is 26.3 Å². The summed E-state index contributed by atoms with van der Waals surface area (Å²) < 4.78 is 108. The average Bonchev–Trinajstić information content (AvgIpc) is 3.74. The van der Waals surface area contributed by atoms with E-state index in [1.54, 1.807) is 0 Å². The highest BCUT2D eigenvalue weighted by molar-refractivity contribution is 7.92. The molecule has 5 rings (SSSR count). The number of hydrogen-bond acceptors (Lipinski definition) is 6. The number of nitrogens with zero attached hydrogens (tertiary/aromatic N) is 4. The molecule has 2 saturated carbocycles. The predicted molar refractivity (Wildman–Crippen MR) is 128 cm³/mol. The van der Waals surface area contributed by atoms with E-state index in [4.69, 9.17) is 0 Å². The van der Waals surface area contributed by atoms with Crippen LogP contribution < -0.4 is 5.32 Å². The number of nitriles is 1. The molecule has 1 aliphatic heterocycles. The van der Waals surface area contributed by atoms with Gasteiger partial charge in [0, 0.05) is 12.7 Å². The molecule has 3 fully saturated rings. The van der Waals surface area contributed by atoms with Crippen LogP contribution in [-0.4, -0.2) is 64.5 Å². The molecule has 16 heteroatoms. The Kier molecular flexibility index (Phi) is 6.48. The van der Waals surface area contributed by atoms with Crippen molar-refractivity contribution in [3.8, 4) is 11.8 Å². The van der Waals surface area contributed by atoms with Crippen LogP contribution in [0.3, 0.4) is 0 Å². The maximum atomic E-state index is 13.8.